The lowest BCUT2D eigenvalue weighted by molar-refractivity contribution is -0.339. The Morgan fingerprint density at radius 2 is 1.66 bits per heavy atom. The van der Waals surface area contributed by atoms with E-state index in [-0.39, 0.29) is 24.4 Å². The number of likely N-dealkylation sites (N-methyl/N-ethyl adjacent to an activating group) is 1. The zero-order valence-electron chi connectivity index (χ0n) is 19.9. The van der Waals surface area contributed by atoms with Gasteiger partial charge in [0.25, 0.3) is 5.56 Å². The second-order valence-electron chi connectivity index (χ2n) is 7.99. The first kappa shape index (κ1) is 25.7. The summed E-state index contributed by atoms with van der Waals surface area (Å²) in [5.41, 5.74) is -0.419. The molecule has 2 aromatic rings. The van der Waals surface area contributed by atoms with Crippen LogP contribution in [0, 0.1) is 6.92 Å². The molecule has 0 saturated heterocycles. The molecular weight excluding hydrogens is 460 g/mol. The van der Waals surface area contributed by atoms with Gasteiger partial charge >= 0.3 is 23.6 Å². The molecule has 1 aromatic heterocycles. The third-order valence-electron chi connectivity index (χ3n) is 5.43. The summed E-state index contributed by atoms with van der Waals surface area (Å²) < 4.78 is 18.4. The number of benzene rings is 1. The highest BCUT2D eigenvalue weighted by atomic mass is 16.9. The number of nitrogens with zero attached hydrogens (tertiary/aromatic N) is 3. The number of carbonyl (C=O) groups excluding carboxylic acids is 2. The molecule has 0 saturated carbocycles. The first-order valence-corrected chi connectivity index (χ1v) is 10.8. The summed E-state index contributed by atoms with van der Waals surface area (Å²) in [6.45, 7) is 2.09. The lowest BCUT2D eigenvalue weighted by Gasteiger charge is -2.34. The van der Waals surface area contributed by atoms with Gasteiger partial charge in [-0.2, -0.15) is 0 Å². The quantitative estimate of drug-likeness (QED) is 0.339. The lowest BCUT2D eigenvalue weighted by atomic mass is 10.2. The number of cyclic esters (lactones) is 2. The third kappa shape index (κ3) is 5.61. The van der Waals surface area contributed by atoms with Crippen molar-refractivity contribution in [2.45, 2.75) is 19.0 Å². The summed E-state index contributed by atoms with van der Waals surface area (Å²) in [5, 5.41) is 13.8. The van der Waals surface area contributed by atoms with E-state index in [1.54, 1.807) is 56.3 Å². The molecule has 0 aliphatic carbocycles. The molecule has 3 rings (SSSR count). The van der Waals surface area contributed by atoms with Crippen LogP contribution < -0.4 is 26.2 Å². The Labute approximate surface area is 200 Å². The Morgan fingerprint density at radius 1 is 1.06 bits per heavy atom. The van der Waals surface area contributed by atoms with Crippen molar-refractivity contribution in [1.82, 2.24) is 14.5 Å². The maximum atomic E-state index is 12.3. The smallest absolute Gasteiger partial charge is 0.418 e. The Morgan fingerprint density at radius 3 is 2.26 bits per heavy atom. The fourth-order valence-corrected chi connectivity index (χ4v) is 3.66. The average molecular weight is 488 g/mol. The first-order chi connectivity index (χ1) is 16.6. The van der Waals surface area contributed by atoms with Crippen LogP contribution in [0.25, 0.3) is 0 Å². The topological polar surface area (TPSA) is 141 Å². The fraction of sp³-hybridized carbons (Fsp3) is 0.391. The third-order valence-corrected chi connectivity index (χ3v) is 5.43. The molecule has 1 aromatic carbocycles. The minimum Gasteiger partial charge on any atom is -0.418 e. The number of ether oxygens (including phenoxy) is 3. The molecule has 0 amide bonds. The van der Waals surface area contributed by atoms with Crippen molar-refractivity contribution in [1.29, 1.82) is 0 Å². The number of carbonyl (C=O) groups is 2. The molecular formula is C23H28N4O8. The monoisotopic (exact) mass is 488 g/mol. The van der Waals surface area contributed by atoms with Gasteiger partial charge in [-0.25, -0.2) is 14.4 Å². The first-order valence-electron chi connectivity index (χ1n) is 10.8. The van der Waals surface area contributed by atoms with E-state index in [1.165, 1.54) is 11.6 Å². The normalized spacial score (nSPS) is 15.7. The van der Waals surface area contributed by atoms with Crippen LogP contribution in [0.2, 0.25) is 0 Å². The average Bonchev–Trinajstić information content (AvgIpc) is 2.97. The van der Waals surface area contributed by atoms with E-state index < -0.39 is 29.7 Å². The van der Waals surface area contributed by atoms with Crippen molar-refractivity contribution < 1.29 is 28.9 Å². The number of para-hydroxylation sites is 1. The molecule has 35 heavy (non-hydrogen) atoms. The van der Waals surface area contributed by atoms with Gasteiger partial charge in [-0.05, 0) is 19.1 Å². The number of esters is 2. The molecule has 0 spiro atoms. The standard InChI is InChI=1S/C23H28N4O8/c1-15-20(26(3)22(32)27(4)21(15)31)25(2)13-12-24-14-17(28)23(33-16-8-6-5-7-9-16)34-18(29)10-11-19(30)35-23/h5-11,17,24,28H,12-14H2,1-4H3. The van der Waals surface area contributed by atoms with Gasteiger partial charge in [0.2, 0.25) is 0 Å². The summed E-state index contributed by atoms with van der Waals surface area (Å²) in [6.07, 6.45) is 0.158. The van der Waals surface area contributed by atoms with Crippen molar-refractivity contribution in [3.63, 3.8) is 0 Å². The summed E-state index contributed by atoms with van der Waals surface area (Å²) in [6, 6.07) is 8.16. The van der Waals surface area contributed by atoms with Crippen LogP contribution >= 0.6 is 0 Å². The fourth-order valence-electron chi connectivity index (χ4n) is 3.66. The molecule has 0 fully saturated rings. The van der Waals surface area contributed by atoms with Crippen LogP contribution in [0.3, 0.4) is 0 Å². The van der Waals surface area contributed by atoms with Crippen molar-refractivity contribution in [3.05, 3.63) is 68.9 Å². The zero-order valence-corrected chi connectivity index (χ0v) is 19.9. The Hall–Kier alpha value is -3.90. The summed E-state index contributed by atoms with van der Waals surface area (Å²) in [7, 11) is 4.71. The van der Waals surface area contributed by atoms with E-state index in [2.05, 4.69) is 5.32 Å². The highest BCUT2D eigenvalue weighted by Crippen LogP contribution is 2.27. The van der Waals surface area contributed by atoms with Crippen LogP contribution in [0.1, 0.15) is 5.56 Å². The van der Waals surface area contributed by atoms with Gasteiger partial charge in [-0.15, -0.1) is 0 Å². The maximum Gasteiger partial charge on any atom is 0.451 e. The predicted molar refractivity (Wildman–Crippen MR) is 125 cm³/mol. The van der Waals surface area contributed by atoms with Crippen LogP contribution in [-0.4, -0.2) is 64.9 Å². The number of hydrogen-bond donors (Lipinski definition) is 2. The number of aromatic nitrogens is 2. The van der Waals surface area contributed by atoms with Crippen LogP contribution in [0.15, 0.2) is 52.1 Å². The van der Waals surface area contributed by atoms with Crippen LogP contribution in [0.5, 0.6) is 5.75 Å². The van der Waals surface area contributed by atoms with Gasteiger partial charge in [0.1, 0.15) is 11.6 Å². The number of aliphatic hydroxyl groups excluding tert-OH is 1. The number of anilines is 1. The van der Waals surface area contributed by atoms with E-state index in [0.29, 0.717) is 17.9 Å². The largest absolute Gasteiger partial charge is 0.451 e. The van der Waals surface area contributed by atoms with E-state index in [9.17, 15) is 24.3 Å². The number of rotatable bonds is 9. The summed E-state index contributed by atoms with van der Waals surface area (Å²) >= 11 is 0. The molecule has 1 unspecified atom stereocenters. The molecule has 2 heterocycles. The Kier molecular flexibility index (Phi) is 7.77. The van der Waals surface area contributed by atoms with Crippen molar-refractivity contribution in [3.8, 4) is 5.75 Å². The molecule has 1 aliphatic rings. The van der Waals surface area contributed by atoms with Crippen LogP contribution in [0.4, 0.5) is 5.82 Å². The number of hydrogen-bond acceptors (Lipinski definition) is 10. The highest BCUT2D eigenvalue weighted by molar-refractivity contribution is 5.93. The minimum atomic E-state index is -2.41. The van der Waals surface area contributed by atoms with Gasteiger partial charge in [0, 0.05) is 52.9 Å². The van der Waals surface area contributed by atoms with Gasteiger partial charge in [0.05, 0.1) is 5.56 Å². The van der Waals surface area contributed by atoms with Gasteiger partial charge in [-0.1, -0.05) is 18.2 Å². The van der Waals surface area contributed by atoms with Crippen molar-refractivity contribution >= 4 is 17.8 Å². The predicted octanol–water partition coefficient (Wildman–Crippen LogP) is -0.832. The lowest BCUT2D eigenvalue weighted by Crippen LogP contribution is -2.57. The van der Waals surface area contributed by atoms with Crippen molar-refractivity contribution in [2.75, 3.05) is 31.6 Å². The van der Waals surface area contributed by atoms with E-state index in [0.717, 1.165) is 16.7 Å². The molecule has 0 bridgehead atoms. The van der Waals surface area contributed by atoms with Crippen LogP contribution in [-0.2, 0) is 33.2 Å². The van der Waals surface area contributed by atoms with E-state index in [1.807, 2.05) is 0 Å². The SMILES string of the molecule is Cc1c(N(C)CCNCC(O)C2(Oc3ccccc3)OC(=O)C=CC(=O)O2)n(C)c(=O)n(C)c1=O. The van der Waals surface area contributed by atoms with E-state index in [4.69, 9.17) is 14.2 Å². The van der Waals surface area contributed by atoms with Crippen molar-refractivity contribution in [2.24, 2.45) is 14.1 Å². The number of nitrogens with one attached hydrogen (secondary N) is 1. The van der Waals surface area contributed by atoms with Gasteiger partial charge in [0.15, 0.2) is 6.10 Å². The van der Waals surface area contributed by atoms with E-state index >= 15 is 0 Å². The Bertz CT molecular complexity index is 1180. The van der Waals surface area contributed by atoms with Gasteiger partial charge in [-0.3, -0.25) is 13.9 Å². The second-order valence-corrected chi connectivity index (χ2v) is 7.99. The maximum absolute atomic E-state index is 12.3. The number of aliphatic hydroxyl groups is 1. The summed E-state index contributed by atoms with van der Waals surface area (Å²) in [4.78, 5) is 50.4. The van der Waals surface area contributed by atoms with Gasteiger partial charge < -0.3 is 29.5 Å². The molecule has 0 radical (unpaired) electrons. The zero-order chi connectivity index (χ0) is 25.8. The second kappa shape index (κ2) is 10.6. The molecule has 12 heteroatoms. The molecule has 12 nitrogen and oxygen atoms in total. The Balaban J connectivity index is 1.70. The summed E-state index contributed by atoms with van der Waals surface area (Å²) in [5.74, 6) is -3.59. The molecule has 2 N–H and O–H groups in total. The highest BCUT2D eigenvalue weighted by Gasteiger charge is 2.50. The molecule has 1 atom stereocenters. The minimum absolute atomic E-state index is 0.185. The molecule has 1 aliphatic heterocycles. The molecule has 188 valence electrons.